The summed E-state index contributed by atoms with van der Waals surface area (Å²) >= 11 is 0. The van der Waals surface area contributed by atoms with Crippen molar-refractivity contribution in [3.8, 4) is 0 Å². The predicted octanol–water partition coefficient (Wildman–Crippen LogP) is 0.501. The maximum absolute atomic E-state index is 13.3. The third kappa shape index (κ3) is 9.10. The molecule has 11 heteroatoms. The van der Waals surface area contributed by atoms with Crippen LogP contribution in [0.3, 0.4) is 0 Å². The van der Waals surface area contributed by atoms with E-state index in [9.17, 15) is 24.4 Å². The first-order valence-electron chi connectivity index (χ1n) is 11.7. The molecular formula is C24H34BN5O5. The lowest BCUT2D eigenvalue weighted by Crippen LogP contribution is -2.58. The van der Waals surface area contributed by atoms with Crippen molar-refractivity contribution in [1.82, 2.24) is 25.9 Å². The Bertz CT molecular complexity index is 951. The van der Waals surface area contributed by atoms with Crippen molar-refractivity contribution in [2.75, 3.05) is 0 Å². The van der Waals surface area contributed by atoms with E-state index in [-0.39, 0.29) is 24.0 Å². The summed E-state index contributed by atoms with van der Waals surface area (Å²) in [6, 6.07) is 7.22. The Labute approximate surface area is 206 Å². The molecule has 5 N–H and O–H groups in total. The van der Waals surface area contributed by atoms with Gasteiger partial charge >= 0.3 is 7.12 Å². The molecule has 3 amide bonds. The molecule has 0 aliphatic heterocycles. The van der Waals surface area contributed by atoms with Crippen LogP contribution in [0.5, 0.6) is 0 Å². The van der Waals surface area contributed by atoms with Crippen molar-refractivity contribution in [1.29, 1.82) is 0 Å². The molecule has 0 aliphatic rings. The van der Waals surface area contributed by atoms with Crippen LogP contribution in [0.25, 0.3) is 0 Å². The van der Waals surface area contributed by atoms with Gasteiger partial charge in [0, 0.05) is 18.8 Å². The predicted molar refractivity (Wildman–Crippen MR) is 132 cm³/mol. The fraction of sp³-hybridized carbons (Fsp3) is 0.458. The number of hydrogen-bond acceptors (Lipinski definition) is 7. The minimum absolute atomic E-state index is 0.0733. The zero-order chi connectivity index (χ0) is 26.0. The summed E-state index contributed by atoms with van der Waals surface area (Å²) < 4.78 is 0. The highest BCUT2D eigenvalue weighted by Crippen LogP contribution is 2.10. The quantitative estimate of drug-likeness (QED) is 0.276. The molecule has 1 unspecified atom stereocenters. The molecule has 3 atom stereocenters. The van der Waals surface area contributed by atoms with E-state index in [2.05, 4.69) is 25.9 Å². The van der Waals surface area contributed by atoms with E-state index in [1.807, 2.05) is 44.2 Å². The summed E-state index contributed by atoms with van der Waals surface area (Å²) in [7, 11) is -1.76. The Balaban J connectivity index is 2.23. The van der Waals surface area contributed by atoms with Crippen LogP contribution < -0.4 is 16.0 Å². The van der Waals surface area contributed by atoms with Gasteiger partial charge in [0.1, 0.15) is 17.8 Å². The van der Waals surface area contributed by atoms with Crippen LogP contribution in [0.1, 0.15) is 50.2 Å². The zero-order valence-corrected chi connectivity index (χ0v) is 20.5. The van der Waals surface area contributed by atoms with Gasteiger partial charge in [0.25, 0.3) is 5.91 Å². The smallest absolute Gasteiger partial charge is 0.426 e. The molecule has 10 nitrogen and oxygen atoms in total. The van der Waals surface area contributed by atoms with E-state index >= 15 is 0 Å². The Morgan fingerprint density at radius 1 is 0.914 bits per heavy atom. The van der Waals surface area contributed by atoms with Gasteiger partial charge < -0.3 is 26.0 Å². The van der Waals surface area contributed by atoms with E-state index in [1.165, 1.54) is 18.6 Å². The number of nitrogens with zero attached hydrogens (tertiary/aromatic N) is 2. The highest BCUT2D eigenvalue weighted by atomic mass is 16.4. The van der Waals surface area contributed by atoms with Crippen molar-refractivity contribution in [3.05, 3.63) is 60.2 Å². The molecule has 1 aromatic heterocycles. The van der Waals surface area contributed by atoms with Crippen LogP contribution in [0.4, 0.5) is 0 Å². The molecule has 0 saturated heterocycles. The van der Waals surface area contributed by atoms with E-state index in [0.29, 0.717) is 6.42 Å². The van der Waals surface area contributed by atoms with Crippen molar-refractivity contribution in [2.24, 2.45) is 11.8 Å². The Morgan fingerprint density at radius 2 is 1.57 bits per heavy atom. The molecular weight excluding hydrogens is 449 g/mol. The van der Waals surface area contributed by atoms with Crippen molar-refractivity contribution in [2.45, 2.75) is 58.6 Å². The minimum Gasteiger partial charge on any atom is -0.426 e. The molecule has 35 heavy (non-hydrogen) atoms. The monoisotopic (exact) mass is 483 g/mol. The highest BCUT2D eigenvalue weighted by molar-refractivity contribution is 6.43. The van der Waals surface area contributed by atoms with Gasteiger partial charge in [-0.05, 0) is 23.8 Å². The second-order valence-corrected chi connectivity index (χ2v) is 9.19. The highest BCUT2D eigenvalue weighted by Gasteiger charge is 2.33. The number of carbonyl (C=O) groups is 3. The van der Waals surface area contributed by atoms with Crippen LogP contribution in [0, 0.1) is 11.8 Å². The third-order valence-corrected chi connectivity index (χ3v) is 5.39. The largest absolute Gasteiger partial charge is 0.475 e. The Hall–Kier alpha value is -3.31. The molecule has 188 valence electrons. The third-order valence-electron chi connectivity index (χ3n) is 5.39. The second-order valence-electron chi connectivity index (χ2n) is 9.19. The molecule has 1 heterocycles. The van der Waals surface area contributed by atoms with E-state index in [0.717, 1.165) is 5.56 Å². The lowest BCUT2D eigenvalue weighted by molar-refractivity contribution is -0.130. The topological polar surface area (TPSA) is 154 Å². The average Bonchev–Trinajstić information content (AvgIpc) is 2.81. The molecule has 0 radical (unpaired) electrons. The van der Waals surface area contributed by atoms with Crippen LogP contribution in [0.2, 0.25) is 0 Å². The lowest BCUT2D eigenvalue weighted by atomic mass is 9.73. The summed E-state index contributed by atoms with van der Waals surface area (Å²) in [6.07, 6.45) is 4.64. The van der Waals surface area contributed by atoms with Gasteiger partial charge in [0.2, 0.25) is 11.8 Å². The van der Waals surface area contributed by atoms with Crippen LogP contribution in [0.15, 0.2) is 48.9 Å². The van der Waals surface area contributed by atoms with Gasteiger partial charge in [0.05, 0.1) is 12.1 Å². The van der Waals surface area contributed by atoms with Crippen molar-refractivity contribution < 1.29 is 24.4 Å². The molecule has 0 aliphatic carbocycles. The van der Waals surface area contributed by atoms with Gasteiger partial charge in [-0.1, -0.05) is 58.0 Å². The average molecular weight is 483 g/mol. The lowest BCUT2D eigenvalue weighted by Gasteiger charge is -2.27. The molecule has 2 rings (SSSR count). The number of carbonyl (C=O) groups excluding carboxylic acids is 3. The number of amides is 3. The summed E-state index contributed by atoms with van der Waals surface area (Å²) in [4.78, 5) is 46.9. The van der Waals surface area contributed by atoms with Gasteiger partial charge in [-0.25, -0.2) is 4.98 Å². The second kappa shape index (κ2) is 13.5. The van der Waals surface area contributed by atoms with Gasteiger partial charge in [-0.3, -0.25) is 19.4 Å². The number of benzene rings is 1. The maximum atomic E-state index is 13.3. The molecule has 1 aromatic carbocycles. The Morgan fingerprint density at radius 3 is 2.11 bits per heavy atom. The molecule has 0 bridgehead atoms. The normalized spacial score (nSPS) is 13.6. The van der Waals surface area contributed by atoms with Crippen LogP contribution >= 0.6 is 0 Å². The van der Waals surface area contributed by atoms with Gasteiger partial charge in [-0.2, -0.15) is 0 Å². The zero-order valence-electron chi connectivity index (χ0n) is 20.5. The van der Waals surface area contributed by atoms with E-state index in [1.54, 1.807) is 13.8 Å². The van der Waals surface area contributed by atoms with Gasteiger partial charge in [0.15, 0.2) is 0 Å². The first-order chi connectivity index (χ1) is 16.6. The summed E-state index contributed by atoms with van der Waals surface area (Å²) in [5.41, 5.74) is 0.881. The number of aromatic nitrogens is 2. The maximum Gasteiger partial charge on any atom is 0.475 e. The van der Waals surface area contributed by atoms with Crippen molar-refractivity contribution in [3.63, 3.8) is 0 Å². The summed E-state index contributed by atoms with van der Waals surface area (Å²) in [6.45, 7) is 7.32. The van der Waals surface area contributed by atoms with Crippen molar-refractivity contribution >= 4 is 24.8 Å². The Kier molecular flexibility index (Phi) is 10.8. The van der Waals surface area contributed by atoms with E-state index in [4.69, 9.17) is 0 Å². The van der Waals surface area contributed by atoms with Gasteiger partial charge in [-0.15, -0.1) is 0 Å². The van der Waals surface area contributed by atoms with Crippen LogP contribution in [-0.4, -0.2) is 62.9 Å². The standard InChI is InChI=1S/C24H34BN5O5/c1-15(2)12-18(28-24(33)20-14-26-10-11-27-20)22(31)29-19(13-17-8-6-5-7-9-17)23(32)30-21(16(3)4)25(34)35/h5-11,14-16,18-19,21,34-35H,12-13H2,1-4H3,(H,28,33)(H,29,31)(H,30,32)/t18-,19-,21?/m0/s1. The molecule has 2 aromatic rings. The summed E-state index contributed by atoms with van der Waals surface area (Å²) in [5, 5.41) is 27.4. The minimum atomic E-state index is -1.76. The fourth-order valence-electron chi connectivity index (χ4n) is 3.53. The SMILES string of the molecule is CC(C)C[C@H](NC(=O)c1cnccn1)C(=O)N[C@@H](Cc1ccccc1)C(=O)NC(B(O)O)C(C)C. The number of nitrogens with one attached hydrogen (secondary N) is 3. The fourth-order valence-corrected chi connectivity index (χ4v) is 3.53. The first-order valence-corrected chi connectivity index (χ1v) is 11.7. The first kappa shape index (κ1) is 27.9. The number of rotatable bonds is 12. The van der Waals surface area contributed by atoms with E-state index < -0.39 is 42.9 Å². The van der Waals surface area contributed by atoms with Crippen LogP contribution in [-0.2, 0) is 16.0 Å². The summed E-state index contributed by atoms with van der Waals surface area (Å²) in [5.74, 6) is -2.74. The molecule has 0 saturated carbocycles. The molecule has 0 fully saturated rings. The number of hydrogen-bond donors (Lipinski definition) is 5. The molecule has 0 spiro atoms.